The van der Waals surface area contributed by atoms with E-state index in [-0.39, 0.29) is 22.6 Å². The molecule has 4 nitrogen and oxygen atoms in total. The third-order valence-corrected chi connectivity index (χ3v) is 10.8. The molecule has 5 heteroatoms. The van der Waals surface area contributed by atoms with Crippen molar-refractivity contribution in [2.45, 2.75) is 76.2 Å². The van der Waals surface area contributed by atoms with Crippen LogP contribution in [-0.4, -0.2) is 31.5 Å². The van der Waals surface area contributed by atoms with Crippen LogP contribution in [0.1, 0.15) is 46.5 Å². The molecule has 0 aromatic heterocycles. The van der Waals surface area contributed by atoms with Crippen LogP contribution in [0.3, 0.4) is 0 Å². The second-order valence-electron chi connectivity index (χ2n) is 9.32. The fourth-order valence-electron chi connectivity index (χ4n) is 3.47. The minimum atomic E-state index is -2.04. The lowest BCUT2D eigenvalue weighted by molar-refractivity contribution is -0.137. The Kier molecular flexibility index (Phi) is 4.91. The van der Waals surface area contributed by atoms with Crippen LogP contribution in [0.4, 0.5) is 5.69 Å². The van der Waals surface area contributed by atoms with Crippen molar-refractivity contribution in [3.05, 3.63) is 30.3 Å². The van der Waals surface area contributed by atoms with E-state index in [0.29, 0.717) is 12.8 Å². The Hall–Kier alpha value is -1.46. The van der Waals surface area contributed by atoms with Gasteiger partial charge in [0.05, 0.1) is 12.0 Å². The number of hydrogen-bond acceptors (Lipinski definition) is 4. The molecule has 2 saturated carbocycles. The van der Waals surface area contributed by atoms with Crippen LogP contribution in [0.5, 0.6) is 0 Å². The van der Waals surface area contributed by atoms with Crippen molar-refractivity contribution < 1.29 is 14.0 Å². The van der Waals surface area contributed by atoms with Gasteiger partial charge in [-0.25, -0.2) is 0 Å². The van der Waals surface area contributed by atoms with E-state index in [1.807, 2.05) is 30.3 Å². The summed E-state index contributed by atoms with van der Waals surface area (Å²) in [6, 6.07) is 9.46. The molecule has 26 heavy (non-hydrogen) atoms. The summed E-state index contributed by atoms with van der Waals surface area (Å²) in [7, 11) is -2.04. The van der Waals surface area contributed by atoms with E-state index < -0.39 is 19.8 Å². The Morgan fingerprint density at radius 3 is 2.31 bits per heavy atom. The number of para-hydroxylation sites is 1. The van der Waals surface area contributed by atoms with Crippen molar-refractivity contribution in [2.75, 3.05) is 5.32 Å². The van der Waals surface area contributed by atoms with Gasteiger partial charge in [-0.05, 0) is 55.9 Å². The summed E-state index contributed by atoms with van der Waals surface area (Å²) in [5.74, 6) is -0.447. The Balaban J connectivity index is 1.68. The first kappa shape index (κ1) is 19.3. The lowest BCUT2D eigenvalue weighted by Gasteiger charge is -2.39. The highest BCUT2D eigenvalue weighted by molar-refractivity contribution is 6.74. The minimum absolute atomic E-state index is 0.0314. The number of benzene rings is 1. The molecule has 2 aliphatic rings. The molecular weight excluding hydrogens is 342 g/mol. The summed E-state index contributed by atoms with van der Waals surface area (Å²) < 4.78 is 6.49. The molecule has 0 aliphatic heterocycles. The quantitative estimate of drug-likeness (QED) is 0.586. The molecule has 0 heterocycles. The van der Waals surface area contributed by atoms with E-state index in [2.05, 4.69) is 39.2 Å². The van der Waals surface area contributed by atoms with E-state index in [4.69, 9.17) is 4.43 Å². The summed E-state index contributed by atoms with van der Waals surface area (Å²) >= 11 is 0. The Morgan fingerprint density at radius 2 is 1.77 bits per heavy atom. The van der Waals surface area contributed by atoms with Gasteiger partial charge in [-0.2, -0.15) is 0 Å². The first-order valence-corrected chi connectivity index (χ1v) is 12.6. The Bertz CT molecular complexity index is 689. The van der Waals surface area contributed by atoms with Crippen molar-refractivity contribution in [3.63, 3.8) is 0 Å². The summed E-state index contributed by atoms with van der Waals surface area (Å²) in [6.45, 7) is 10.9. The second-order valence-corrected chi connectivity index (χ2v) is 14.0. The van der Waals surface area contributed by atoms with Crippen LogP contribution >= 0.6 is 0 Å². The van der Waals surface area contributed by atoms with Crippen LogP contribution < -0.4 is 5.32 Å². The largest absolute Gasteiger partial charge is 0.404 e. The third kappa shape index (κ3) is 3.65. The maximum atomic E-state index is 13.2. The predicted octanol–water partition coefficient (Wildman–Crippen LogP) is 4.57. The smallest absolute Gasteiger partial charge is 0.193 e. The normalized spacial score (nSPS) is 25.2. The van der Waals surface area contributed by atoms with Gasteiger partial charge in [0, 0.05) is 5.69 Å². The zero-order chi connectivity index (χ0) is 19.2. The highest BCUT2D eigenvalue weighted by Crippen LogP contribution is 2.50. The number of hydrogen-bond donors (Lipinski definition) is 1. The molecule has 1 N–H and O–H groups in total. The van der Waals surface area contributed by atoms with Crippen molar-refractivity contribution in [3.8, 4) is 0 Å². The second kappa shape index (κ2) is 6.61. The van der Waals surface area contributed by atoms with Crippen LogP contribution in [0.15, 0.2) is 30.3 Å². The summed E-state index contributed by atoms with van der Waals surface area (Å²) in [5, 5.41) is 3.34. The van der Waals surface area contributed by atoms with Gasteiger partial charge in [-0.15, -0.1) is 0 Å². The fraction of sp³-hybridized carbons (Fsp3) is 0.619. The molecule has 142 valence electrons. The molecule has 1 aromatic rings. The summed E-state index contributed by atoms with van der Waals surface area (Å²) in [4.78, 5) is 26.1. The van der Waals surface area contributed by atoms with Gasteiger partial charge in [-0.1, -0.05) is 39.0 Å². The molecule has 3 rings (SSSR count). The van der Waals surface area contributed by atoms with Crippen molar-refractivity contribution in [1.29, 1.82) is 0 Å². The predicted molar refractivity (Wildman–Crippen MR) is 107 cm³/mol. The zero-order valence-corrected chi connectivity index (χ0v) is 17.6. The first-order valence-electron chi connectivity index (χ1n) is 9.66. The monoisotopic (exact) mass is 373 g/mol. The fourth-order valence-corrected chi connectivity index (χ4v) is 5.06. The average Bonchev–Trinajstić information content (AvgIpc) is 3.24. The average molecular weight is 374 g/mol. The number of rotatable bonds is 6. The Morgan fingerprint density at radius 1 is 1.15 bits per heavy atom. The van der Waals surface area contributed by atoms with Crippen molar-refractivity contribution >= 4 is 25.6 Å². The maximum Gasteiger partial charge on any atom is 0.193 e. The molecule has 2 atom stereocenters. The van der Waals surface area contributed by atoms with Crippen LogP contribution in [0.25, 0.3) is 0 Å². The Labute approximate surface area is 157 Å². The van der Waals surface area contributed by atoms with E-state index in [0.717, 1.165) is 18.5 Å². The number of nitrogens with one attached hydrogen (secondary N) is 1. The van der Waals surface area contributed by atoms with E-state index in [9.17, 15) is 9.59 Å². The topological polar surface area (TPSA) is 55.4 Å². The number of anilines is 1. The zero-order valence-electron chi connectivity index (χ0n) is 16.6. The molecular formula is C21H31NO3Si. The molecule has 0 bridgehead atoms. The van der Waals surface area contributed by atoms with Gasteiger partial charge in [0.2, 0.25) is 0 Å². The number of ketones is 2. The highest BCUT2D eigenvalue weighted by Gasteiger charge is 2.59. The van der Waals surface area contributed by atoms with E-state index in [1.54, 1.807) is 0 Å². The minimum Gasteiger partial charge on any atom is -0.404 e. The number of carbonyl (C=O) groups is 2. The molecule has 0 radical (unpaired) electrons. The van der Waals surface area contributed by atoms with Crippen LogP contribution in [-0.2, 0) is 14.0 Å². The van der Waals surface area contributed by atoms with Crippen LogP contribution in [0, 0.1) is 5.92 Å². The lowest BCUT2D eigenvalue weighted by atomic mass is 9.95. The molecule has 0 amide bonds. The van der Waals surface area contributed by atoms with Gasteiger partial charge >= 0.3 is 0 Å². The van der Waals surface area contributed by atoms with Crippen LogP contribution in [0.2, 0.25) is 18.1 Å². The van der Waals surface area contributed by atoms with Crippen molar-refractivity contribution in [2.24, 2.45) is 5.92 Å². The first-order chi connectivity index (χ1) is 12.1. The third-order valence-electron chi connectivity index (χ3n) is 6.27. The van der Waals surface area contributed by atoms with E-state index in [1.165, 1.54) is 0 Å². The van der Waals surface area contributed by atoms with Gasteiger partial charge in [0.25, 0.3) is 0 Å². The molecule has 2 fully saturated rings. The number of Topliss-reactive ketones (excluding diaryl/α,β-unsaturated/α-hetero) is 2. The molecule has 2 aliphatic carbocycles. The van der Waals surface area contributed by atoms with Gasteiger partial charge in [0.15, 0.2) is 19.9 Å². The van der Waals surface area contributed by atoms with E-state index >= 15 is 0 Å². The molecule has 2 unspecified atom stereocenters. The lowest BCUT2D eigenvalue weighted by Crippen LogP contribution is -2.49. The SMILES string of the molecule is CC(C)(C)[Si](C)(C)OC1(C(=O)C2CCC(Nc3ccccc3)C2=O)CC1. The molecule has 0 spiro atoms. The molecule has 1 aromatic carbocycles. The molecule has 0 saturated heterocycles. The summed E-state index contributed by atoms with van der Waals surface area (Å²) in [6.07, 6.45) is 2.86. The van der Waals surface area contributed by atoms with Gasteiger partial charge < -0.3 is 9.74 Å². The maximum absolute atomic E-state index is 13.2. The standard InChI is InChI=1S/C21H31NO3Si/c1-20(2,3)26(4,5)25-21(13-14-21)19(24)16-11-12-17(18(16)23)22-15-9-7-6-8-10-15/h6-10,16-17,22H,11-14H2,1-5H3. The summed E-state index contributed by atoms with van der Waals surface area (Å²) in [5.41, 5.74) is 0.239. The van der Waals surface area contributed by atoms with Crippen molar-refractivity contribution in [1.82, 2.24) is 0 Å². The highest BCUT2D eigenvalue weighted by atomic mass is 28.4. The van der Waals surface area contributed by atoms with Gasteiger partial charge in [-0.3, -0.25) is 9.59 Å². The number of carbonyl (C=O) groups excluding carboxylic acids is 2. The van der Waals surface area contributed by atoms with Gasteiger partial charge in [0.1, 0.15) is 5.60 Å².